The Morgan fingerprint density at radius 1 is 0.500 bits per heavy atom. The number of hydrogen-bond acceptors (Lipinski definition) is 5. The van der Waals surface area contributed by atoms with Gasteiger partial charge in [0.15, 0.2) is 17.5 Å². The summed E-state index contributed by atoms with van der Waals surface area (Å²) < 4.78 is 0. The fourth-order valence-corrected chi connectivity index (χ4v) is 7.01. The molecular formula is C41H28N4S. The standard InChI is InChI=1S/C41H28N4S/c1-3-36-37(46-41(42-36)29-13-5-4-6-14-29)35-22-21-32(23-26(35)2)38-43-39(33-19-17-27-11-7-9-15-30(27)24-33)45-40(44-38)34-20-18-28-12-8-10-16-31(28)25-34/h3-25H,1H2,2H3. The van der Waals surface area contributed by atoms with Crippen molar-refractivity contribution in [3.05, 3.63) is 151 Å². The van der Waals surface area contributed by atoms with Gasteiger partial charge in [0.05, 0.1) is 10.6 Å². The highest BCUT2D eigenvalue weighted by Crippen LogP contribution is 2.39. The summed E-state index contributed by atoms with van der Waals surface area (Å²) in [4.78, 5) is 21.1. The highest BCUT2D eigenvalue weighted by molar-refractivity contribution is 7.18. The molecule has 0 unspecified atom stereocenters. The number of nitrogens with zero attached hydrogens (tertiary/aromatic N) is 4. The lowest BCUT2D eigenvalue weighted by atomic mass is 10.0. The van der Waals surface area contributed by atoms with Crippen LogP contribution < -0.4 is 0 Å². The minimum absolute atomic E-state index is 0.634. The van der Waals surface area contributed by atoms with E-state index in [1.165, 1.54) is 10.8 Å². The average molecular weight is 609 g/mol. The van der Waals surface area contributed by atoms with Crippen molar-refractivity contribution in [2.45, 2.75) is 6.92 Å². The summed E-state index contributed by atoms with van der Waals surface area (Å²) >= 11 is 1.68. The van der Waals surface area contributed by atoms with E-state index >= 15 is 0 Å². The number of benzene rings is 6. The molecule has 0 aliphatic heterocycles. The van der Waals surface area contributed by atoms with E-state index in [4.69, 9.17) is 19.9 Å². The molecule has 2 heterocycles. The third-order valence-corrected chi connectivity index (χ3v) is 9.40. The molecule has 0 amide bonds. The largest absolute Gasteiger partial charge is 0.236 e. The van der Waals surface area contributed by atoms with Crippen molar-refractivity contribution in [2.24, 2.45) is 0 Å². The molecule has 0 aliphatic rings. The van der Waals surface area contributed by atoms with Gasteiger partial charge in [-0.3, -0.25) is 0 Å². The van der Waals surface area contributed by atoms with Crippen LogP contribution in [0.2, 0.25) is 0 Å². The second-order valence-corrected chi connectivity index (χ2v) is 12.3. The van der Waals surface area contributed by atoms with Crippen LogP contribution in [-0.4, -0.2) is 19.9 Å². The zero-order valence-electron chi connectivity index (χ0n) is 25.2. The second-order valence-electron chi connectivity index (χ2n) is 11.3. The summed E-state index contributed by atoms with van der Waals surface area (Å²) in [5.41, 5.74) is 7.06. The zero-order valence-corrected chi connectivity index (χ0v) is 26.0. The third kappa shape index (κ3) is 5.17. The van der Waals surface area contributed by atoms with Gasteiger partial charge in [-0.05, 0) is 63.9 Å². The maximum atomic E-state index is 5.04. The molecule has 4 nitrogen and oxygen atoms in total. The van der Waals surface area contributed by atoms with Crippen molar-refractivity contribution < 1.29 is 0 Å². The molecule has 0 aliphatic carbocycles. The molecule has 6 aromatic carbocycles. The first kappa shape index (κ1) is 27.7. The van der Waals surface area contributed by atoms with Crippen LogP contribution in [0, 0.1) is 6.92 Å². The maximum Gasteiger partial charge on any atom is 0.164 e. The predicted molar refractivity (Wildman–Crippen MR) is 193 cm³/mol. The van der Waals surface area contributed by atoms with Crippen molar-refractivity contribution in [3.8, 4) is 55.2 Å². The van der Waals surface area contributed by atoms with Crippen molar-refractivity contribution in [2.75, 3.05) is 0 Å². The molecule has 0 radical (unpaired) electrons. The predicted octanol–water partition coefficient (Wildman–Crippen LogP) is 10.9. The van der Waals surface area contributed by atoms with E-state index in [1.54, 1.807) is 11.3 Å². The maximum absolute atomic E-state index is 5.04. The van der Waals surface area contributed by atoms with Crippen LogP contribution in [-0.2, 0) is 0 Å². The molecule has 0 spiro atoms. The monoisotopic (exact) mass is 608 g/mol. The van der Waals surface area contributed by atoms with Gasteiger partial charge in [0.2, 0.25) is 0 Å². The zero-order chi connectivity index (χ0) is 31.0. The van der Waals surface area contributed by atoms with E-state index < -0.39 is 0 Å². The molecule has 0 N–H and O–H groups in total. The molecule has 0 saturated carbocycles. The lowest BCUT2D eigenvalue weighted by Gasteiger charge is -2.11. The van der Waals surface area contributed by atoms with Gasteiger partial charge in [0, 0.05) is 22.3 Å². The van der Waals surface area contributed by atoms with Gasteiger partial charge in [-0.15, -0.1) is 11.3 Å². The Bertz CT molecular complexity index is 2310. The summed E-state index contributed by atoms with van der Waals surface area (Å²) in [5.74, 6) is 1.92. The Kier molecular flexibility index (Phi) is 7.01. The van der Waals surface area contributed by atoms with Crippen LogP contribution in [0.3, 0.4) is 0 Å². The molecular weight excluding hydrogens is 581 g/mol. The second kappa shape index (κ2) is 11.6. The summed E-state index contributed by atoms with van der Waals surface area (Å²) in [6.07, 6.45) is 1.84. The topological polar surface area (TPSA) is 51.6 Å². The quantitative estimate of drug-likeness (QED) is 0.188. The van der Waals surface area contributed by atoms with Crippen LogP contribution in [0.25, 0.3) is 82.8 Å². The number of fused-ring (bicyclic) bond motifs is 2. The lowest BCUT2D eigenvalue weighted by Crippen LogP contribution is -2.00. The summed E-state index contributed by atoms with van der Waals surface area (Å²) in [6, 6.07) is 46.1. The molecule has 2 aromatic heterocycles. The molecule has 8 rings (SSSR count). The van der Waals surface area contributed by atoms with Crippen LogP contribution in [0.1, 0.15) is 11.3 Å². The number of aryl methyl sites for hydroxylation is 1. The SMILES string of the molecule is C=Cc1nc(-c2ccccc2)sc1-c1ccc(-c2nc(-c3ccc4ccccc4c3)nc(-c3ccc4ccccc4c3)n2)cc1C. The van der Waals surface area contributed by atoms with Gasteiger partial charge in [0.25, 0.3) is 0 Å². The summed E-state index contributed by atoms with van der Waals surface area (Å²) in [5, 5.41) is 5.63. The molecule has 0 bridgehead atoms. The minimum atomic E-state index is 0.634. The van der Waals surface area contributed by atoms with E-state index in [0.717, 1.165) is 59.7 Å². The van der Waals surface area contributed by atoms with E-state index in [-0.39, 0.29) is 0 Å². The van der Waals surface area contributed by atoms with Gasteiger partial charge in [-0.2, -0.15) is 0 Å². The molecule has 218 valence electrons. The fourth-order valence-electron chi connectivity index (χ4n) is 5.85. The number of aromatic nitrogens is 4. The molecule has 5 heteroatoms. The van der Waals surface area contributed by atoms with E-state index in [0.29, 0.717) is 17.5 Å². The third-order valence-electron chi connectivity index (χ3n) is 8.25. The number of hydrogen-bond donors (Lipinski definition) is 0. The van der Waals surface area contributed by atoms with E-state index in [9.17, 15) is 0 Å². The van der Waals surface area contributed by atoms with Crippen LogP contribution in [0.15, 0.2) is 140 Å². The summed E-state index contributed by atoms with van der Waals surface area (Å²) in [6.45, 7) is 6.18. The molecule has 0 saturated heterocycles. The highest BCUT2D eigenvalue weighted by Gasteiger charge is 2.17. The van der Waals surface area contributed by atoms with Crippen molar-refractivity contribution in [3.63, 3.8) is 0 Å². The van der Waals surface area contributed by atoms with Gasteiger partial charge < -0.3 is 0 Å². The molecule has 0 fully saturated rings. The van der Waals surface area contributed by atoms with Crippen molar-refractivity contribution in [1.29, 1.82) is 0 Å². The first-order valence-electron chi connectivity index (χ1n) is 15.2. The summed E-state index contributed by atoms with van der Waals surface area (Å²) in [7, 11) is 0. The fraction of sp³-hybridized carbons (Fsp3) is 0.0244. The van der Waals surface area contributed by atoms with E-state index in [2.05, 4.69) is 129 Å². The number of thiazole rings is 1. The van der Waals surface area contributed by atoms with Gasteiger partial charge in [-0.25, -0.2) is 19.9 Å². The Hall–Kier alpha value is -5.78. The normalized spacial score (nSPS) is 11.2. The Morgan fingerprint density at radius 2 is 1.00 bits per heavy atom. The highest BCUT2D eigenvalue weighted by atomic mass is 32.1. The van der Waals surface area contributed by atoms with Crippen molar-refractivity contribution >= 4 is 39.0 Å². The van der Waals surface area contributed by atoms with Gasteiger partial charge in [-0.1, -0.05) is 122 Å². The Balaban J connectivity index is 1.25. The van der Waals surface area contributed by atoms with E-state index in [1.807, 2.05) is 24.3 Å². The average Bonchev–Trinajstić information content (AvgIpc) is 3.55. The van der Waals surface area contributed by atoms with Gasteiger partial charge in [0.1, 0.15) is 5.01 Å². The van der Waals surface area contributed by atoms with Crippen LogP contribution in [0.4, 0.5) is 0 Å². The minimum Gasteiger partial charge on any atom is -0.236 e. The van der Waals surface area contributed by atoms with Crippen LogP contribution in [0.5, 0.6) is 0 Å². The molecule has 0 atom stereocenters. The van der Waals surface area contributed by atoms with Crippen molar-refractivity contribution in [1.82, 2.24) is 19.9 Å². The first-order chi connectivity index (χ1) is 22.6. The molecule has 8 aromatic rings. The first-order valence-corrected chi connectivity index (χ1v) is 16.0. The Labute approximate surface area is 271 Å². The smallest absolute Gasteiger partial charge is 0.164 e. The lowest BCUT2D eigenvalue weighted by molar-refractivity contribution is 1.07. The molecule has 46 heavy (non-hydrogen) atoms. The Morgan fingerprint density at radius 3 is 1.54 bits per heavy atom. The number of rotatable bonds is 6. The van der Waals surface area contributed by atoms with Crippen LogP contribution >= 0.6 is 11.3 Å². The van der Waals surface area contributed by atoms with Gasteiger partial charge >= 0.3 is 0 Å².